The summed E-state index contributed by atoms with van der Waals surface area (Å²) in [5.74, 6) is 0.170. The lowest BCUT2D eigenvalue weighted by atomic mass is 9.98. The second-order valence-corrected chi connectivity index (χ2v) is 4.35. The fraction of sp³-hybridized carbons (Fsp3) is 0.909. The van der Waals surface area contributed by atoms with Gasteiger partial charge >= 0.3 is 0 Å². The Bertz CT molecular complexity index is 193. The normalized spacial score (nSPS) is 26.9. The predicted octanol–water partition coefficient (Wildman–Crippen LogP) is 1.43. The van der Waals surface area contributed by atoms with Crippen molar-refractivity contribution in [2.45, 2.75) is 58.0 Å². The van der Waals surface area contributed by atoms with Crippen molar-refractivity contribution in [2.24, 2.45) is 0 Å². The minimum absolute atomic E-state index is 0.170. The molecule has 14 heavy (non-hydrogen) atoms. The Labute approximate surface area is 86.6 Å². The van der Waals surface area contributed by atoms with E-state index in [0.29, 0.717) is 6.04 Å². The molecule has 1 heterocycles. The Balaban J connectivity index is 2.48. The number of carbonyl (C=O) groups excluding carboxylic acids is 1. The first-order valence-electron chi connectivity index (χ1n) is 5.68. The van der Waals surface area contributed by atoms with Crippen molar-refractivity contribution in [3.05, 3.63) is 0 Å². The van der Waals surface area contributed by atoms with Gasteiger partial charge in [-0.2, -0.15) is 0 Å². The van der Waals surface area contributed by atoms with E-state index in [1.54, 1.807) is 0 Å². The fourth-order valence-corrected chi connectivity index (χ4v) is 1.93. The highest BCUT2D eigenvalue weighted by Crippen LogP contribution is 2.18. The summed E-state index contributed by atoms with van der Waals surface area (Å²) in [6.07, 6.45) is 4.09. The molecule has 0 bridgehead atoms. The van der Waals surface area contributed by atoms with Gasteiger partial charge in [0.1, 0.15) is 0 Å². The van der Waals surface area contributed by atoms with Crippen LogP contribution in [0.1, 0.15) is 46.5 Å². The van der Waals surface area contributed by atoms with Gasteiger partial charge in [0.15, 0.2) is 0 Å². The maximum absolute atomic E-state index is 11.9. The van der Waals surface area contributed by atoms with Crippen LogP contribution in [0, 0.1) is 0 Å². The summed E-state index contributed by atoms with van der Waals surface area (Å²) in [5.41, 5.74) is -0.317. The van der Waals surface area contributed by atoms with Crippen LogP contribution < -0.4 is 10.6 Å². The van der Waals surface area contributed by atoms with Gasteiger partial charge in [-0.05, 0) is 39.2 Å². The quantitative estimate of drug-likeness (QED) is 0.717. The highest BCUT2D eigenvalue weighted by atomic mass is 16.2. The zero-order chi connectivity index (χ0) is 10.6. The van der Waals surface area contributed by atoms with Gasteiger partial charge in [-0.3, -0.25) is 4.79 Å². The molecule has 3 nitrogen and oxygen atoms in total. The molecular formula is C11H22N2O. The van der Waals surface area contributed by atoms with Crippen molar-refractivity contribution in [1.82, 2.24) is 10.6 Å². The van der Waals surface area contributed by atoms with E-state index in [4.69, 9.17) is 0 Å². The first-order valence-corrected chi connectivity index (χ1v) is 5.68. The van der Waals surface area contributed by atoms with Gasteiger partial charge in [-0.25, -0.2) is 0 Å². The molecule has 1 amide bonds. The molecule has 0 aromatic rings. The van der Waals surface area contributed by atoms with Crippen LogP contribution in [0.15, 0.2) is 0 Å². The summed E-state index contributed by atoms with van der Waals surface area (Å²) in [6.45, 7) is 7.18. The molecule has 1 aliphatic rings. The molecule has 1 atom stereocenters. The SMILES string of the molecule is CCC(CC)NC(=O)C1(C)CCCN1. The zero-order valence-corrected chi connectivity index (χ0v) is 9.52. The van der Waals surface area contributed by atoms with Crippen LogP contribution in [0.25, 0.3) is 0 Å². The number of hydrogen-bond acceptors (Lipinski definition) is 2. The number of rotatable bonds is 4. The Kier molecular flexibility index (Phi) is 3.93. The molecule has 1 rings (SSSR count). The van der Waals surface area contributed by atoms with Crippen LogP contribution in [-0.4, -0.2) is 24.0 Å². The second-order valence-electron chi connectivity index (χ2n) is 4.35. The van der Waals surface area contributed by atoms with Crippen molar-refractivity contribution in [3.63, 3.8) is 0 Å². The van der Waals surface area contributed by atoms with Crippen LogP contribution in [0.4, 0.5) is 0 Å². The lowest BCUT2D eigenvalue weighted by molar-refractivity contribution is -0.127. The number of carbonyl (C=O) groups is 1. The molecule has 1 aliphatic heterocycles. The van der Waals surface area contributed by atoms with Crippen LogP contribution >= 0.6 is 0 Å². The highest BCUT2D eigenvalue weighted by Gasteiger charge is 2.36. The van der Waals surface area contributed by atoms with Gasteiger partial charge in [0.25, 0.3) is 0 Å². The first kappa shape index (κ1) is 11.5. The topological polar surface area (TPSA) is 41.1 Å². The minimum Gasteiger partial charge on any atom is -0.352 e. The highest BCUT2D eigenvalue weighted by molar-refractivity contribution is 5.86. The van der Waals surface area contributed by atoms with Crippen molar-refractivity contribution < 1.29 is 4.79 Å². The van der Waals surface area contributed by atoms with E-state index in [2.05, 4.69) is 24.5 Å². The average Bonchev–Trinajstić information content (AvgIpc) is 2.62. The third kappa shape index (κ3) is 2.47. The molecule has 0 aromatic heterocycles. The van der Waals surface area contributed by atoms with E-state index < -0.39 is 0 Å². The van der Waals surface area contributed by atoms with E-state index in [1.807, 2.05) is 6.92 Å². The van der Waals surface area contributed by atoms with Gasteiger partial charge in [-0.15, -0.1) is 0 Å². The minimum atomic E-state index is -0.317. The van der Waals surface area contributed by atoms with Gasteiger partial charge in [0, 0.05) is 6.04 Å². The van der Waals surface area contributed by atoms with Gasteiger partial charge < -0.3 is 10.6 Å². The van der Waals surface area contributed by atoms with Crippen molar-refractivity contribution in [2.75, 3.05) is 6.54 Å². The Morgan fingerprint density at radius 1 is 1.50 bits per heavy atom. The van der Waals surface area contributed by atoms with E-state index in [0.717, 1.165) is 32.2 Å². The van der Waals surface area contributed by atoms with Crippen molar-refractivity contribution in [1.29, 1.82) is 0 Å². The maximum atomic E-state index is 11.9. The summed E-state index contributed by atoms with van der Waals surface area (Å²) in [4.78, 5) is 11.9. The maximum Gasteiger partial charge on any atom is 0.240 e. The van der Waals surface area contributed by atoms with E-state index in [-0.39, 0.29) is 11.4 Å². The van der Waals surface area contributed by atoms with Crippen LogP contribution in [0.5, 0.6) is 0 Å². The molecule has 0 saturated carbocycles. The molecule has 1 unspecified atom stereocenters. The summed E-state index contributed by atoms with van der Waals surface area (Å²) in [6, 6.07) is 0.335. The third-order valence-corrected chi connectivity index (χ3v) is 3.19. The smallest absolute Gasteiger partial charge is 0.240 e. The third-order valence-electron chi connectivity index (χ3n) is 3.19. The molecule has 0 spiro atoms. The zero-order valence-electron chi connectivity index (χ0n) is 9.52. The number of nitrogens with one attached hydrogen (secondary N) is 2. The van der Waals surface area contributed by atoms with Crippen molar-refractivity contribution >= 4 is 5.91 Å². The average molecular weight is 198 g/mol. The molecule has 82 valence electrons. The lowest BCUT2D eigenvalue weighted by Gasteiger charge is -2.26. The largest absolute Gasteiger partial charge is 0.352 e. The molecule has 3 heteroatoms. The van der Waals surface area contributed by atoms with Crippen LogP contribution in [0.3, 0.4) is 0 Å². The number of hydrogen-bond donors (Lipinski definition) is 2. The Hall–Kier alpha value is -0.570. The summed E-state index contributed by atoms with van der Waals surface area (Å²) >= 11 is 0. The monoisotopic (exact) mass is 198 g/mol. The second kappa shape index (κ2) is 4.78. The van der Waals surface area contributed by atoms with Crippen LogP contribution in [-0.2, 0) is 4.79 Å². The molecule has 1 saturated heterocycles. The fourth-order valence-electron chi connectivity index (χ4n) is 1.93. The van der Waals surface area contributed by atoms with E-state index in [9.17, 15) is 4.79 Å². The van der Waals surface area contributed by atoms with Gasteiger partial charge in [0.05, 0.1) is 5.54 Å². The number of amides is 1. The molecule has 1 fully saturated rings. The summed E-state index contributed by atoms with van der Waals surface area (Å²) in [5, 5.41) is 6.37. The van der Waals surface area contributed by atoms with Crippen molar-refractivity contribution in [3.8, 4) is 0 Å². The Morgan fingerprint density at radius 3 is 2.57 bits per heavy atom. The van der Waals surface area contributed by atoms with E-state index >= 15 is 0 Å². The molecular weight excluding hydrogens is 176 g/mol. The Morgan fingerprint density at radius 2 is 2.14 bits per heavy atom. The first-order chi connectivity index (χ1) is 6.62. The van der Waals surface area contributed by atoms with Gasteiger partial charge in [-0.1, -0.05) is 13.8 Å². The van der Waals surface area contributed by atoms with Gasteiger partial charge in [0.2, 0.25) is 5.91 Å². The summed E-state index contributed by atoms with van der Waals surface area (Å²) < 4.78 is 0. The van der Waals surface area contributed by atoms with E-state index in [1.165, 1.54) is 0 Å². The standard InChI is InChI=1S/C11H22N2O/c1-4-9(5-2)13-10(14)11(3)7-6-8-12-11/h9,12H,4-8H2,1-3H3,(H,13,14). The molecule has 2 N–H and O–H groups in total. The molecule has 0 aliphatic carbocycles. The molecule has 0 aromatic carbocycles. The summed E-state index contributed by atoms with van der Waals surface area (Å²) in [7, 11) is 0. The molecule has 0 radical (unpaired) electrons. The lowest BCUT2D eigenvalue weighted by Crippen LogP contribution is -2.53. The van der Waals surface area contributed by atoms with Crippen LogP contribution in [0.2, 0.25) is 0 Å². The predicted molar refractivity (Wildman–Crippen MR) is 58.2 cm³/mol.